The van der Waals surface area contributed by atoms with Gasteiger partial charge in [0, 0.05) is 50.4 Å². The molecule has 0 amide bonds. The molecule has 2 aromatic rings. The molecule has 2 aromatic carbocycles. The predicted octanol–water partition coefficient (Wildman–Crippen LogP) is 3.03. The summed E-state index contributed by atoms with van der Waals surface area (Å²) in [7, 11) is 5.15. The van der Waals surface area contributed by atoms with E-state index in [1.165, 1.54) is 11.1 Å². The third-order valence-corrected chi connectivity index (χ3v) is 4.93. The highest BCUT2D eigenvalue weighted by molar-refractivity contribution is 5.40. The second-order valence-electron chi connectivity index (χ2n) is 6.54. The molecule has 1 aliphatic heterocycles. The molecule has 0 radical (unpaired) electrons. The van der Waals surface area contributed by atoms with Gasteiger partial charge in [-0.2, -0.15) is 0 Å². The normalized spacial score (nSPS) is 15.7. The highest BCUT2D eigenvalue weighted by Crippen LogP contribution is 2.26. The molecule has 0 aliphatic carbocycles. The summed E-state index contributed by atoms with van der Waals surface area (Å²) in [6.45, 7) is 5.98. The maximum atomic E-state index is 5.51. The third kappa shape index (κ3) is 4.48. The summed E-state index contributed by atoms with van der Waals surface area (Å²) in [6, 6.07) is 14.2. The third-order valence-electron chi connectivity index (χ3n) is 4.93. The van der Waals surface area contributed by atoms with E-state index in [1.54, 1.807) is 21.3 Å². The van der Waals surface area contributed by atoms with Crippen molar-refractivity contribution in [2.24, 2.45) is 0 Å². The van der Waals surface area contributed by atoms with Crippen LogP contribution in [0, 0.1) is 0 Å². The van der Waals surface area contributed by atoms with Crippen molar-refractivity contribution in [3.63, 3.8) is 0 Å². The smallest absolute Gasteiger partial charge is 0.123 e. The molecule has 0 N–H and O–H groups in total. The Kier molecular flexibility index (Phi) is 6.36. The van der Waals surface area contributed by atoms with Crippen LogP contribution in [0.1, 0.15) is 11.1 Å². The Morgan fingerprint density at radius 2 is 1.27 bits per heavy atom. The SMILES string of the molecule is COc1ccc(OC)c(CN2CCN(Cc3ccccc3OC)CC2)c1. The molecule has 0 atom stereocenters. The van der Waals surface area contributed by atoms with Gasteiger partial charge in [0.15, 0.2) is 0 Å². The van der Waals surface area contributed by atoms with Gasteiger partial charge in [0.25, 0.3) is 0 Å². The summed E-state index contributed by atoms with van der Waals surface area (Å²) in [4.78, 5) is 4.95. The van der Waals surface area contributed by atoms with Gasteiger partial charge < -0.3 is 14.2 Å². The molecule has 0 unspecified atom stereocenters. The summed E-state index contributed by atoms with van der Waals surface area (Å²) in [5.74, 6) is 2.76. The zero-order valence-electron chi connectivity index (χ0n) is 15.9. The largest absolute Gasteiger partial charge is 0.497 e. The fourth-order valence-electron chi connectivity index (χ4n) is 3.43. The lowest BCUT2D eigenvalue weighted by molar-refractivity contribution is 0.120. The highest BCUT2D eigenvalue weighted by atomic mass is 16.5. The molecule has 5 heteroatoms. The van der Waals surface area contributed by atoms with E-state index < -0.39 is 0 Å². The molecule has 0 spiro atoms. The molecule has 5 nitrogen and oxygen atoms in total. The Labute approximate surface area is 156 Å². The van der Waals surface area contributed by atoms with Crippen LogP contribution in [-0.2, 0) is 13.1 Å². The fraction of sp³-hybridized carbons (Fsp3) is 0.429. The van der Waals surface area contributed by atoms with E-state index in [0.29, 0.717) is 0 Å². The van der Waals surface area contributed by atoms with Crippen molar-refractivity contribution in [3.8, 4) is 17.2 Å². The Hall–Kier alpha value is -2.24. The molecule has 0 aromatic heterocycles. The maximum absolute atomic E-state index is 5.51. The van der Waals surface area contributed by atoms with Crippen LogP contribution in [0.15, 0.2) is 42.5 Å². The quantitative estimate of drug-likeness (QED) is 0.762. The van der Waals surface area contributed by atoms with Gasteiger partial charge in [-0.3, -0.25) is 9.80 Å². The van der Waals surface area contributed by atoms with E-state index in [4.69, 9.17) is 14.2 Å². The lowest BCUT2D eigenvalue weighted by atomic mass is 10.1. The van der Waals surface area contributed by atoms with Crippen LogP contribution in [-0.4, -0.2) is 57.3 Å². The molecular weight excluding hydrogens is 328 g/mol. The predicted molar refractivity (Wildman–Crippen MR) is 103 cm³/mol. The Bertz CT molecular complexity index is 712. The average molecular weight is 356 g/mol. The number of ether oxygens (including phenoxy) is 3. The maximum Gasteiger partial charge on any atom is 0.123 e. The molecule has 0 saturated carbocycles. The number of methoxy groups -OCH3 is 3. The number of rotatable bonds is 7. The molecule has 3 rings (SSSR count). The van der Waals surface area contributed by atoms with Crippen molar-refractivity contribution in [2.75, 3.05) is 47.5 Å². The molecule has 0 bridgehead atoms. The molecule has 26 heavy (non-hydrogen) atoms. The summed E-state index contributed by atoms with van der Waals surface area (Å²) in [6.07, 6.45) is 0. The van der Waals surface area contributed by atoms with Crippen molar-refractivity contribution >= 4 is 0 Å². The first-order valence-electron chi connectivity index (χ1n) is 9.01. The number of benzene rings is 2. The number of hydrogen-bond donors (Lipinski definition) is 0. The van der Waals surface area contributed by atoms with Crippen LogP contribution in [0.3, 0.4) is 0 Å². The van der Waals surface area contributed by atoms with Crippen LogP contribution in [0.5, 0.6) is 17.2 Å². The van der Waals surface area contributed by atoms with Gasteiger partial charge in [0.2, 0.25) is 0 Å². The molecular formula is C21H28N2O3. The van der Waals surface area contributed by atoms with E-state index in [1.807, 2.05) is 24.3 Å². The minimum Gasteiger partial charge on any atom is -0.497 e. The molecule has 140 valence electrons. The minimum atomic E-state index is 0.871. The van der Waals surface area contributed by atoms with Gasteiger partial charge in [-0.05, 0) is 24.3 Å². The van der Waals surface area contributed by atoms with Crippen LogP contribution >= 0.6 is 0 Å². The summed E-state index contributed by atoms with van der Waals surface area (Å²) >= 11 is 0. The number of piperazine rings is 1. The molecule has 1 heterocycles. The van der Waals surface area contributed by atoms with Gasteiger partial charge in [0.05, 0.1) is 21.3 Å². The van der Waals surface area contributed by atoms with Crippen LogP contribution in [0.4, 0.5) is 0 Å². The van der Waals surface area contributed by atoms with Crippen molar-refractivity contribution in [2.45, 2.75) is 13.1 Å². The fourth-order valence-corrected chi connectivity index (χ4v) is 3.43. The van der Waals surface area contributed by atoms with Crippen LogP contribution < -0.4 is 14.2 Å². The highest BCUT2D eigenvalue weighted by Gasteiger charge is 2.19. The van der Waals surface area contributed by atoms with Crippen molar-refractivity contribution in [1.82, 2.24) is 9.80 Å². The van der Waals surface area contributed by atoms with Crippen LogP contribution in [0.2, 0.25) is 0 Å². The topological polar surface area (TPSA) is 34.2 Å². The number of nitrogens with zero attached hydrogens (tertiary/aromatic N) is 2. The summed E-state index contributed by atoms with van der Waals surface area (Å²) < 4.78 is 16.3. The first-order chi connectivity index (χ1) is 12.7. The minimum absolute atomic E-state index is 0.871. The number of hydrogen-bond acceptors (Lipinski definition) is 5. The van der Waals surface area contributed by atoms with Crippen molar-refractivity contribution < 1.29 is 14.2 Å². The zero-order chi connectivity index (χ0) is 18.4. The Balaban J connectivity index is 1.57. The summed E-state index contributed by atoms with van der Waals surface area (Å²) in [5, 5.41) is 0. The van der Waals surface area contributed by atoms with Gasteiger partial charge >= 0.3 is 0 Å². The first kappa shape index (κ1) is 18.5. The average Bonchev–Trinajstić information content (AvgIpc) is 2.69. The van der Waals surface area contributed by atoms with Gasteiger partial charge in [-0.1, -0.05) is 18.2 Å². The van der Waals surface area contributed by atoms with Gasteiger partial charge in [-0.25, -0.2) is 0 Å². The second kappa shape index (κ2) is 8.92. The van der Waals surface area contributed by atoms with Gasteiger partial charge in [0.1, 0.15) is 17.2 Å². The van der Waals surface area contributed by atoms with E-state index in [2.05, 4.69) is 28.0 Å². The lowest BCUT2D eigenvalue weighted by Gasteiger charge is -2.35. The monoisotopic (exact) mass is 356 g/mol. The van der Waals surface area contributed by atoms with Crippen molar-refractivity contribution in [1.29, 1.82) is 0 Å². The first-order valence-corrected chi connectivity index (χ1v) is 9.01. The lowest BCUT2D eigenvalue weighted by Crippen LogP contribution is -2.45. The van der Waals surface area contributed by atoms with E-state index in [0.717, 1.165) is 56.5 Å². The van der Waals surface area contributed by atoms with E-state index in [9.17, 15) is 0 Å². The van der Waals surface area contributed by atoms with Crippen molar-refractivity contribution in [3.05, 3.63) is 53.6 Å². The van der Waals surface area contributed by atoms with E-state index >= 15 is 0 Å². The molecule has 1 aliphatic rings. The Morgan fingerprint density at radius 3 is 1.88 bits per heavy atom. The molecule has 1 fully saturated rings. The zero-order valence-corrected chi connectivity index (χ0v) is 15.9. The number of para-hydroxylation sites is 1. The van der Waals surface area contributed by atoms with E-state index in [-0.39, 0.29) is 0 Å². The molecule has 1 saturated heterocycles. The summed E-state index contributed by atoms with van der Waals surface area (Å²) in [5.41, 5.74) is 2.42. The van der Waals surface area contributed by atoms with Crippen LogP contribution in [0.25, 0.3) is 0 Å². The second-order valence-corrected chi connectivity index (χ2v) is 6.54. The standard InChI is InChI=1S/C21H28N2O3/c1-24-19-8-9-21(26-3)18(14-19)16-23-12-10-22(11-13-23)15-17-6-4-5-7-20(17)25-2/h4-9,14H,10-13,15-16H2,1-3H3. The Morgan fingerprint density at radius 1 is 0.692 bits per heavy atom. The van der Waals surface area contributed by atoms with Gasteiger partial charge in [-0.15, -0.1) is 0 Å².